The van der Waals surface area contributed by atoms with Gasteiger partial charge in [-0.3, -0.25) is 4.98 Å². The number of aliphatic hydroxyl groups excluding tert-OH is 1. The van der Waals surface area contributed by atoms with Gasteiger partial charge in [0.05, 0.1) is 6.10 Å². The van der Waals surface area contributed by atoms with Crippen molar-refractivity contribution in [3.63, 3.8) is 0 Å². The van der Waals surface area contributed by atoms with Crippen molar-refractivity contribution in [2.75, 3.05) is 5.32 Å². The van der Waals surface area contributed by atoms with E-state index in [4.69, 9.17) is 0 Å². The molecule has 0 aromatic carbocycles. The molecule has 3 N–H and O–H groups in total. The van der Waals surface area contributed by atoms with Crippen LogP contribution >= 0.6 is 11.3 Å². The van der Waals surface area contributed by atoms with Gasteiger partial charge in [0.15, 0.2) is 0 Å². The molecule has 2 heterocycles. The fraction of sp³-hybridized carbons (Fsp3) is 0.286. The third-order valence-corrected chi connectivity index (χ3v) is 3.74. The number of anilines is 1. The van der Waals surface area contributed by atoms with Gasteiger partial charge in [0.2, 0.25) is 0 Å². The third kappa shape index (κ3) is 4.32. The van der Waals surface area contributed by atoms with E-state index in [1.807, 2.05) is 24.4 Å². The fourth-order valence-electron chi connectivity index (χ4n) is 1.82. The zero-order chi connectivity index (χ0) is 14.4. The van der Waals surface area contributed by atoms with Crippen LogP contribution in [0.15, 0.2) is 42.0 Å². The van der Waals surface area contributed by atoms with E-state index in [1.165, 1.54) is 11.3 Å². The maximum Gasteiger partial charge on any atom is 0.319 e. The average Bonchev–Trinajstić information content (AvgIpc) is 2.93. The molecule has 0 fully saturated rings. The molecule has 0 bridgehead atoms. The van der Waals surface area contributed by atoms with Gasteiger partial charge in [0.1, 0.15) is 0 Å². The van der Waals surface area contributed by atoms with Crippen LogP contribution in [0.2, 0.25) is 0 Å². The van der Waals surface area contributed by atoms with E-state index in [9.17, 15) is 9.90 Å². The minimum atomic E-state index is -0.550. The standard InChI is InChI=1S/C14H17N3O2S/c1-10(9-12(18)13-3-2-8-20-13)16-14(19)17-11-4-6-15-7-5-11/h2-8,10,12,18H,9H2,1H3,(H2,15,16,17,19). The largest absolute Gasteiger partial charge is 0.387 e. The fourth-order valence-corrected chi connectivity index (χ4v) is 2.54. The summed E-state index contributed by atoms with van der Waals surface area (Å²) in [7, 11) is 0. The molecule has 2 aromatic rings. The Morgan fingerprint density at radius 2 is 2.15 bits per heavy atom. The number of thiophene rings is 1. The van der Waals surface area contributed by atoms with E-state index in [0.717, 1.165) is 4.88 Å². The van der Waals surface area contributed by atoms with Crippen LogP contribution in [0.5, 0.6) is 0 Å². The Labute approximate surface area is 121 Å². The van der Waals surface area contributed by atoms with Gasteiger partial charge in [0.25, 0.3) is 0 Å². The summed E-state index contributed by atoms with van der Waals surface area (Å²) in [6.07, 6.45) is 3.15. The molecule has 0 saturated heterocycles. The number of carbonyl (C=O) groups excluding carboxylic acids is 1. The lowest BCUT2D eigenvalue weighted by molar-refractivity contribution is 0.158. The first-order chi connectivity index (χ1) is 9.65. The van der Waals surface area contributed by atoms with Crippen LogP contribution in [0.3, 0.4) is 0 Å². The van der Waals surface area contributed by atoms with E-state index in [1.54, 1.807) is 24.5 Å². The second kappa shape index (κ2) is 7.02. The third-order valence-electron chi connectivity index (χ3n) is 2.76. The summed E-state index contributed by atoms with van der Waals surface area (Å²) < 4.78 is 0. The second-order valence-corrected chi connectivity index (χ2v) is 5.48. The SMILES string of the molecule is CC(CC(O)c1cccs1)NC(=O)Nc1ccncc1. The Morgan fingerprint density at radius 3 is 2.80 bits per heavy atom. The van der Waals surface area contributed by atoms with E-state index in [-0.39, 0.29) is 12.1 Å². The van der Waals surface area contributed by atoms with Crippen LogP contribution in [0.25, 0.3) is 0 Å². The highest BCUT2D eigenvalue weighted by molar-refractivity contribution is 7.10. The summed E-state index contributed by atoms with van der Waals surface area (Å²) in [5.74, 6) is 0. The number of urea groups is 1. The molecule has 2 amide bonds. The van der Waals surface area contributed by atoms with Gasteiger partial charge in [-0.25, -0.2) is 4.79 Å². The van der Waals surface area contributed by atoms with Crippen LogP contribution < -0.4 is 10.6 Å². The molecule has 0 radical (unpaired) electrons. The maximum absolute atomic E-state index is 11.8. The van der Waals surface area contributed by atoms with Crippen LogP contribution in [-0.2, 0) is 0 Å². The molecule has 2 aromatic heterocycles. The summed E-state index contributed by atoms with van der Waals surface area (Å²) in [6.45, 7) is 1.86. The topological polar surface area (TPSA) is 74.2 Å². The summed E-state index contributed by atoms with van der Waals surface area (Å²) in [5, 5.41) is 17.4. The minimum Gasteiger partial charge on any atom is -0.387 e. The molecule has 2 rings (SSSR count). The number of hydrogen-bond acceptors (Lipinski definition) is 4. The number of aromatic nitrogens is 1. The van der Waals surface area contributed by atoms with Crippen molar-refractivity contribution in [3.05, 3.63) is 46.9 Å². The number of rotatable bonds is 5. The van der Waals surface area contributed by atoms with Crippen LogP contribution in [0.4, 0.5) is 10.5 Å². The van der Waals surface area contributed by atoms with Gasteiger partial charge < -0.3 is 15.7 Å². The van der Waals surface area contributed by atoms with E-state index in [2.05, 4.69) is 15.6 Å². The molecule has 5 nitrogen and oxygen atoms in total. The summed E-state index contributed by atoms with van der Waals surface area (Å²) in [6, 6.07) is 6.79. The molecule has 2 unspecified atom stereocenters. The number of amides is 2. The molecule has 0 aliphatic heterocycles. The number of hydrogen-bond donors (Lipinski definition) is 3. The first-order valence-corrected chi connectivity index (χ1v) is 7.22. The number of nitrogens with zero attached hydrogens (tertiary/aromatic N) is 1. The van der Waals surface area contributed by atoms with Crippen LogP contribution in [-0.4, -0.2) is 22.2 Å². The van der Waals surface area contributed by atoms with E-state index >= 15 is 0 Å². The lowest BCUT2D eigenvalue weighted by Crippen LogP contribution is -2.36. The second-order valence-electron chi connectivity index (χ2n) is 4.50. The van der Waals surface area contributed by atoms with Gasteiger partial charge in [-0.1, -0.05) is 6.07 Å². The van der Waals surface area contributed by atoms with Crippen molar-refractivity contribution in [2.45, 2.75) is 25.5 Å². The highest BCUT2D eigenvalue weighted by atomic mass is 32.1. The van der Waals surface area contributed by atoms with Gasteiger partial charge >= 0.3 is 6.03 Å². The van der Waals surface area contributed by atoms with E-state index < -0.39 is 6.10 Å². The molecule has 106 valence electrons. The molecule has 0 aliphatic carbocycles. The first kappa shape index (κ1) is 14.5. The molecule has 6 heteroatoms. The van der Waals surface area contributed by atoms with Gasteiger partial charge in [0, 0.05) is 29.0 Å². The normalized spacial score (nSPS) is 13.5. The van der Waals surface area contributed by atoms with Gasteiger partial charge in [-0.2, -0.15) is 0 Å². The Morgan fingerprint density at radius 1 is 1.40 bits per heavy atom. The van der Waals surface area contributed by atoms with Crippen molar-refractivity contribution in [1.82, 2.24) is 10.3 Å². The molecular formula is C14H17N3O2S. The van der Waals surface area contributed by atoms with Crippen molar-refractivity contribution >= 4 is 23.1 Å². The van der Waals surface area contributed by atoms with Crippen LogP contribution in [0, 0.1) is 0 Å². The van der Waals surface area contributed by atoms with E-state index in [0.29, 0.717) is 12.1 Å². The highest BCUT2D eigenvalue weighted by Gasteiger charge is 2.15. The Hall–Kier alpha value is -1.92. The Balaban J connectivity index is 1.79. The monoisotopic (exact) mass is 291 g/mol. The predicted molar refractivity (Wildman–Crippen MR) is 79.7 cm³/mol. The molecule has 0 saturated carbocycles. The van der Waals surface area contributed by atoms with Crippen molar-refractivity contribution in [2.24, 2.45) is 0 Å². The molecular weight excluding hydrogens is 274 g/mol. The van der Waals surface area contributed by atoms with Crippen molar-refractivity contribution in [3.8, 4) is 0 Å². The molecule has 0 spiro atoms. The zero-order valence-corrected chi connectivity index (χ0v) is 11.9. The predicted octanol–water partition coefficient (Wildman–Crippen LogP) is 2.78. The van der Waals surface area contributed by atoms with Gasteiger partial charge in [-0.15, -0.1) is 11.3 Å². The smallest absolute Gasteiger partial charge is 0.319 e. The van der Waals surface area contributed by atoms with Gasteiger partial charge in [-0.05, 0) is 36.9 Å². The summed E-state index contributed by atoms with van der Waals surface area (Å²) >= 11 is 1.51. The lowest BCUT2D eigenvalue weighted by Gasteiger charge is -2.17. The average molecular weight is 291 g/mol. The molecule has 0 aliphatic rings. The Kier molecular flexibility index (Phi) is 5.09. The van der Waals surface area contributed by atoms with Crippen LogP contribution in [0.1, 0.15) is 24.3 Å². The molecule has 20 heavy (non-hydrogen) atoms. The van der Waals surface area contributed by atoms with Crippen molar-refractivity contribution < 1.29 is 9.90 Å². The zero-order valence-electron chi connectivity index (χ0n) is 11.1. The Bertz CT molecular complexity index is 531. The maximum atomic E-state index is 11.8. The number of aliphatic hydroxyl groups is 1. The number of pyridine rings is 1. The molecule has 2 atom stereocenters. The lowest BCUT2D eigenvalue weighted by atomic mass is 10.1. The quantitative estimate of drug-likeness (QED) is 0.793. The highest BCUT2D eigenvalue weighted by Crippen LogP contribution is 2.22. The van der Waals surface area contributed by atoms with Crippen molar-refractivity contribution in [1.29, 1.82) is 0 Å². The minimum absolute atomic E-state index is 0.131. The first-order valence-electron chi connectivity index (χ1n) is 6.34. The number of nitrogens with one attached hydrogen (secondary N) is 2. The number of carbonyl (C=O) groups is 1. The summed E-state index contributed by atoms with van der Waals surface area (Å²) in [4.78, 5) is 16.6. The summed E-state index contributed by atoms with van der Waals surface area (Å²) in [5.41, 5.74) is 0.684.